The van der Waals surface area contributed by atoms with E-state index in [1.165, 1.54) is 0 Å². The number of ether oxygens (including phenoxy) is 1. The van der Waals surface area contributed by atoms with Crippen LogP contribution in [0.1, 0.15) is 52.5 Å². The Morgan fingerprint density at radius 1 is 1.16 bits per heavy atom. The van der Waals surface area contributed by atoms with Crippen molar-refractivity contribution in [3.05, 3.63) is 42.0 Å². The molecular weight excluding hydrogens is 491 g/mol. The van der Waals surface area contributed by atoms with Crippen LogP contribution in [-0.4, -0.2) is 56.3 Å². The number of nitrogens with zero attached hydrogens (tertiary/aromatic N) is 4. The highest BCUT2D eigenvalue weighted by Gasteiger charge is 2.25. The Labute approximate surface area is 220 Å². The van der Waals surface area contributed by atoms with E-state index >= 15 is 4.39 Å². The number of benzene rings is 1. The quantitative estimate of drug-likeness (QED) is 0.168. The predicted molar refractivity (Wildman–Crippen MR) is 145 cm³/mol. The standard InChI is InChI=1S/C27H39FN4O4Si/c1-7-34-24(33)13-16-35-31-22-11-14-32(15-12-22)26-29-17-21(18-30-26)23-10-8-9-20(25(23)28)19-36-37(5,6)27(2,3)4/h8-10,17-18H,7,11-16,19H2,1-6H3/q-1. The van der Waals surface area contributed by atoms with E-state index in [-0.39, 0.29) is 36.5 Å². The van der Waals surface area contributed by atoms with Crippen molar-refractivity contribution >= 4 is 25.9 Å². The first-order chi connectivity index (χ1) is 17.5. The fraction of sp³-hybridized carbons (Fsp3) is 0.556. The van der Waals surface area contributed by atoms with Crippen LogP contribution in [0, 0.1) is 5.82 Å². The molecule has 0 bridgehead atoms. The van der Waals surface area contributed by atoms with Gasteiger partial charge in [-0.3, -0.25) is 4.79 Å². The molecular formula is C27H39FN4O4Si-. The predicted octanol–water partition coefficient (Wildman–Crippen LogP) is 5.73. The summed E-state index contributed by atoms with van der Waals surface area (Å²) in [5, 5.41) is 4.21. The van der Waals surface area contributed by atoms with Gasteiger partial charge in [0.2, 0.25) is 5.95 Å². The summed E-state index contributed by atoms with van der Waals surface area (Å²) in [6.07, 6.45) is 4.96. The number of carbonyl (C=O) groups excluding carboxylic acids is 1. The van der Waals surface area contributed by atoms with Crippen LogP contribution in [0.3, 0.4) is 0 Å². The molecule has 1 fully saturated rings. The average molecular weight is 531 g/mol. The topological polar surface area (TPSA) is 86.1 Å². The van der Waals surface area contributed by atoms with E-state index in [2.05, 4.69) is 53.9 Å². The van der Waals surface area contributed by atoms with E-state index < -0.39 is 8.32 Å². The number of hydrogen-bond acceptors (Lipinski definition) is 8. The van der Waals surface area contributed by atoms with Crippen LogP contribution in [0.4, 0.5) is 10.3 Å². The maximum atomic E-state index is 15.4. The van der Waals surface area contributed by atoms with Gasteiger partial charge in [0.1, 0.15) is 12.4 Å². The van der Waals surface area contributed by atoms with Crippen LogP contribution in [-0.2, 0) is 25.4 Å². The van der Waals surface area contributed by atoms with Crippen LogP contribution < -0.4 is 4.90 Å². The van der Waals surface area contributed by atoms with Gasteiger partial charge in [-0.05, 0) is 15.2 Å². The summed E-state index contributed by atoms with van der Waals surface area (Å²) in [6, 6.07) is 5.36. The minimum absolute atomic E-state index is 0.0585. The van der Waals surface area contributed by atoms with E-state index in [1.54, 1.807) is 31.5 Å². The molecule has 1 saturated heterocycles. The lowest BCUT2D eigenvalue weighted by Crippen LogP contribution is -2.40. The Kier molecular flexibility index (Phi) is 9.78. The first kappa shape index (κ1) is 28.7. The van der Waals surface area contributed by atoms with E-state index in [9.17, 15) is 4.79 Å². The molecule has 2 heterocycles. The molecule has 0 spiro atoms. The van der Waals surface area contributed by atoms with Gasteiger partial charge in [0.15, 0.2) is 0 Å². The smallest absolute Gasteiger partial charge is 0.309 e. The molecule has 0 radical (unpaired) electrons. The third-order valence-electron chi connectivity index (χ3n) is 6.94. The van der Waals surface area contributed by atoms with Crippen molar-refractivity contribution in [2.24, 2.45) is 5.16 Å². The summed E-state index contributed by atoms with van der Waals surface area (Å²) in [4.78, 5) is 27.7. The lowest BCUT2D eigenvalue weighted by molar-refractivity contribution is -0.144. The van der Waals surface area contributed by atoms with Crippen molar-refractivity contribution in [2.45, 2.75) is 71.7 Å². The fourth-order valence-electron chi connectivity index (χ4n) is 3.57. The Bertz CT molecular complexity index is 1080. The SMILES string of the molecule is CCOC(=O)CCON=C1CCN(c2ncc(-c3cccc(CO[Si-](C)(C)C(C)(C)C)c3F)cn2)CC1. The normalized spacial score (nSPS) is 14.5. The third-order valence-corrected chi connectivity index (χ3v) is 11.4. The van der Waals surface area contributed by atoms with Crippen LogP contribution in [0.5, 0.6) is 0 Å². The molecule has 8 nitrogen and oxygen atoms in total. The number of carbonyl (C=O) groups is 1. The molecule has 0 amide bonds. The number of piperidine rings is 1. The number of aromatic nitrogens is 2. The summed E-state index contributed by atoms with van der Waals surface area (Å²) in [5.41, 5.74) is 2.58. The van der Waals surface area contributed by atoms with E-state index in [0.29, 0.717) is 42.3 Å². The summed E-state index contributed by atoms with van der Waals surface area (Å²) < 4.78 is 26.5. The first-order valence-electron chi connectivity index (χ1n) is 12.8. The molecule has 2 aromatic rings. The highest BCUT2D eigenvalue weighted by atomic mass is 28.4. The van der Waals surface area contributed by atoms with Crippen molar-refractivity contribution in [1.82, 2.24) is 9.97 Å². The van der Waals surface area contributed by atoms with Gasteiger partial charge in [0, 0.05) is 61.6 Å². The summed E-state index contributed by atoms with van der Waals surface area (Å²) in [5.74, 6) is 0.0207. The summed E-state index contributed by atoms with van der Waals surface area (Å²) in [6.45, 7) is 14.8. The molecule has 37 heavy (non-hydrogen) atoms. The molecule has 0 N–H and O–H groups in total. The minimum atomic E-state index is -1.99. The zero-order chi connectivity index (χ0) is 27.1. The van der Waals surface area contributed by atoms with Gasteiger partial charge in [0.05, 0.1) is 18.7 Å². The van der Waals surface area contributed by atoms with Gasteiger partial charge < -0.3 is 18.9 Å². The molecule has 0 saturated carbocycles. The minimum Gasteiger partial charge on any atom is -0.561 e. The number of oxime groups is 1. The van der Waals surface area contributed by atoms with Gasteiger partial charge in [-0.25, -0.2) is 14.4 Å². The molecule has 1 aromatic heterocycles. The van der Waals surface area contributed by atoms with E-state index in [0.717, 1.165) is 18.6 Å². The Morgan fingerprint density at radius 3 is 2.46 bits per heavy atom. The van der Waals surface area contributed by atoms with Crippen LogP contribution >= 0.6 is 0 Å². The number of halogens is 1. The van der Waals surface area contributed by atoms with Crippen molar-refractivity contribution in [2.75, 3.05) is 31.2 Å². The van der Waals surface area contributed by atoms with Crippen molar-refractivity contribution in [3.8, 4) is 11.1 Å². The second-order valence-corrected chi connectivity index (χ2v) is 15.4. The maximum Gasteiger partial charge on any atom is 0.309 e. The molecule has 0 atom stereocenters. The highest BCUT2D eigenvalue weighted by Crippen LogP contribution is 2.37. The molecule has 1 aliphatic rings. The van der Waals surface area contributed by atoms with E-state index in [4.69, 9.17) is 14.0 Å². The molecule has 1 aliphatic heterocycles. The Morgan fingerprint density at radius 2 is 1.84 bits per heavy atom. The van der Waals surface area contributed by atoms with E-state index in [1.807, 2.05) is 6.07 Å². The summed E-state index contributed by atoms with van der Waals surface area (Å²) in [7, 11) is -1.99. The second-order valence-electron chi connectivity index (χ2n) is 10.6. The first-order valence-corrected chi connectivity index (χ1v) is 15.7. The van der Waals surface area contributed by atoms with Crippen molar-refractivity contribution in [1.29, 1.82) is 0 Å². The number of hydrogen-bond donors (Lipinski definition) is 0. The van der Waals surface area contributed by atoms with Gasteiger partial charge in [0.25, 0.3) is 0 Å². The second kappa shape index (κ2) is 12.6. The van der Waals surface area contributed by atoms with Gasteiger partial charge in [-0.2, -0.15) is 0 Å². The molecule has 203 valence electrons. The lowest BCUT2D eigenvalue weighted by Gasteiger charge is -2.48. The van der Waals surface area contributed by atoms with Gasteiger partial charge in [-0.1, -0.05) is 44.1 Å². The lowest BCUT2D eigenvalue weighted by atomic mass is 10.1. The zero-order valence-corrected chi connectivity index (χ0v) is 23.8. The van der Waals surface area contributed by atoms with Crippen LogP contribution in [0.25, 0.3) is 11.1 Å². The average Bonchev–Trinajstić information content (AvgIpc) is 2.86. The molecule has 3 rings (SSSR count). The van der Waals surface area contributed by atoms with Crippen molar-refractivity contribution < 1.29 is 23.2 Å². The molecule has 0 aliphatic carbocycles. The molecule has 0 unspecified atom stereocenters. The molecule has 10 heteroatoms. The van der Waals surface area contributed by atoms with Gasteiger partial charge >= 0.3 is 5.97 Å². The Balaban J connectivity index is 1.57. The monoisotopic (exact) mass is 530 g/mol. The maximum absolute atomic E-state index is 15.4. The zero-order valence-electron chi connectivity index (χ0n) is 22.8. The number of rotatable bonds is 10. The number of anilines is 1. The van der Waals surface area contributed by atoms with Crippen molar-refractivity contribution in [3.63, 3.8) is 0 Å². The largest absolute Gasteiger partial charge is 0.561 e. The van der Waals surface area contributed by atoms with Crippen LogP contribution in [0.15, 0.2) is 35.7 Å². The van der Waals surface area contributed by atoms with Crippen LogP contribution in [0.2, 0.25) is 18.1 Å². The number of esters is 1. The summed E-state index contributed by atoms with van der Waals surface area (Å²) >= 11 is 0. The molecule has 1 aromatic carbocycles. The highest BCUT2D eigenvalue weighted by molar-refractivity contribution is 6.74. The van der Waals surface area contributed by atoms with Gasteiger partial charge in [-0.15, -0.1) is 18.1 Å². The Hall–Kier alpha value is -2.85. The third kappa shape index (κ3) is 7.81. The fourth-order valence-corrected chi connectivity index (χ4v) is 4.52.